The maximum absolute atomic E-state index is 11.8. The molecule has 3 N–H and O–H groups in total. The highest BCUT2D eigenvalue weighted by Gasteiger charge is 2.12. The van der Waals surface area contributed by atoms with Crippen molar-refractivity contribution in [2.45, 2.75) is 12.5 Å². The number of anilines is 1. The summed E-state index contributed by atoms with van der Waals surface area (Å²) in [4.78, 5) is 15.8. The third kappa shape index (κ3) is 4.41. The Morgan fingerprint density at radius 3 is 2.80 bits per heavy atom. The Morgan fingerprint density at radius 1 is 1.35 bits per heavy atom. The lowest BCUT2D eigenvalue weighted by Gasteiger charge is -2.17. The summed E-state index contributed by atoms with van der Waals surface area (Å²) in [5.74, 6) is -0.140. The number of carbonyl (C=O) groups is 1. The van der Waals surface area contributed by atoms with Gasteiger partial charge in [-0.2, -0.15) is 0 Å². The van der Waals surface area contributed by atoms with Gasteiger partial charge in [0, 0.05) is 24.2 Å². The molecule has 6 heteroatoms. The first-order valence-corrected chi connectivity index (χ1v) is 7.26. The van der Waals surface area contributed by atoms with Crippen molar-refractivity contribution in [2.24, 2.45) is 0 Å². The number of rotatable bonds is 7. The van der Waals surface area contributed by atoms with Crippen LogP contribution in [0.15, 0.2) is 41.9 Å². The van der Waals surface area contributed by atoms with Crippen LogP contribution in [0.5, 0.6) is 0 Å². The van der Waals surface area contributed by atoms with Crippen LogP contribution in [0.2, 0.25) is 0 Å². The summed E-state index contributed by atoms with van der Waals surface area (Å²) < 4.78 is 0. The largest absolute Gasteiger partial charge is 0.396 e. The minimum atomic E-state index is -0.140. The zero-order chi connectivity index (χ0) is 14.2. The van der Waals surface area contributed by atoms with E-state index >= 15 is 0 Å². The Balaban J connectivity index is 1.87. The quantitative estimate of drug-likeness (QED) is 0.727. The molecule has 0 aliphatic rings. The smallest absolute Gasteiger partial charge is 0.240 e. The van der Waals surface area contributed by atoms with E-state index in [1.54, 1.807) is 6.20 Å². The number of thiazole rings is 1. The van der Waals surface area contributed by atoms with E-state index in [0.717, 1.165) is 5.56 Å². The van der Waals surface area contributed by atoms with E-state index in [4.69, 9.17) is 5.11 Å². The third-order valence-corrected chi connectivity index (χ3v) is 3.50. The fourth-order valence-corrected chi connectivity index (χ4v) is 2.41. The van der Waals surface area contributed by atoms with Crippen LogP contribution in [0.25, 0.3) is 0 Å². The molecule has 1 atom stereocenters. The maximum atomic E-state index is 11.8. The molecule has 1 heterocycles. The third-order valence-electron chi connectivity index (χ3n) is 2.81. The van der Waals surface area contributed by atoms with Crippen LogP contribution in [0, 0.1) is 0 Å². The molecule has 0 saturated heterocycles. The molecular formula is C14H17N3O2S. The van der Waals surface area contributed by atoms with Gasteiger partial charge in [0.25, 0.3) is 0 Å². The van der Waals surface area contributed by atoms with Gasteiger partial charge in [0.15, 0.2) is 5.13 Å². The summed E-state index contributed by atoms with van der Waals surface area (Å²) in [6, 6.07) is 9.74. The topological polar surface area (TPSA) is 74.2 Å². The molecule has 0 aliphatic heterocycles. The predicted octanol–water partition coefficient (Wildman–Crippen LogP) is 1.79. The van der Waals surface area contributed by atoms with Crippen molar-refractivity contribution in [1.29, 1.82) is 0 Å². The summed E-state index contributed by atoms with van der Waals surface area (Å²) in [6.07, 6.45) is 2.21. The van der Waals surface area contributed by atoms with Crippen molar-refractivity contribution in [3.63, 3.8) is 0 Å². The molecule has 2 rings (SSSR count). The number of hydrogen-bond donors (Lipinski definition) is 3. The van der Waals surface area contributed by atoms with Gasteiger partial charge in [0.05, 0.1) is 6.54 Å². The van der Waals surface area contributed by atoms with Crippen molar-refractivity contribution in [1.82, 2.24) is 10.3 Å². The van der Waals surface area contributed by atoms with Crippen molar-refractivity contribution >= 4 is 22.4 Å². The molecule has 20 heavy (non-hydrogen) atoms. The summed E-state index contributed by atoms with van der Waals surface area (Å²) in [5.41, 5.74) is 1.06. The Hall–Kier alpha value is -1.76. The molecule has 0 saturated carbocycles. The Labute approximate surface area is 121 Å². The van der Waals surface area contributed by atoms with Crippen LogP contribution in [-0.4, -0.2) is 29.1 Å². The summed E-state index contributed by atoms with van der Waals surface area (Å²) >= 11 is 1.38. The Kier molecular flexibility index (Phi) is 5.67. The van der Waals surface area contributed by atoms with Crippen molar-refractivity contribution in [3.05, 3.63) is 47.5 Å². The van der Waals surface area contributed by atoms with E-state index in [2.05, 4.69) is 15.6 Å². The Bertz CT molecular complexity index is 516. The van der Waals surface area contributed by atoms with E-state index in [-0.39, 0.29) is 25.1 Å². The van der Waals surface area contributed by atoms with Gasteiger partial charge in [0.2, 0.25) is 5.91 Å². The van der Waals surface area contributed by atoms with E-state index in [9.17, 15) is 4.79 Å². The minimum Gasteiger partial charge on any atom is -0.396 e. The van der Waals surface area contributed by atoms with Crippen LogP contribution in [-0.2, 0) is 4.79 Å². The Morgan fingerprint density at radius 2 is 2.15 bits per heavy atom. The van der Waals surface area contributed by atoms with Gasteiger partial charge in [0.1, 0.15) is 0 Å². The maximum Gasteiger partial charge on any atom is 0.240 e. The van der Waals surface area contributed by atoms with Crippen LogP contribution in [0.4, 0.5) is 5.13 Å². The average molecular weight is 291 g/mol. The number of benzene rings is 1. The molecule has 0 radical (unpaired) electrons. The van der Waals surface area contributed by atoms with Crippen molar-refractivity contribution in [2.75, 3.05) is 18.5 Å². The second-order valence-electron chi connectivity index (χ2n) is 4.24. The van der Waals surface area contributed by atoms with Crippen molar-refractivity contribution < 1.29 is 9.90 Å². The van der Waals surface area contributed by atoms with Gasteiger partial charge in [-0.1, -0.05) is 30.3 Å². The number of nitrogens with one attached hydrogen (secondary N) is 2. The molecule has 1 aromatic heterocycles. The molecule has 0 aliphatic carbocycles. The lowest BCUT2D eigenvalue weighted by molar-refractivity contribution is -0.115. The second kappa shape index (κ2) is 7.74. The van der Waals surface area contributed by atoms with Crippen molar-refractivity contribution in [3.8, 4) is 0 Å². The molecule has 1 amide bonds. The molecule has 5 nitrogen and oxygen atoms in total. The molecule has 0 bridgehead atoms. The lowest BCUT2D eigenvalue weighted by atomic mass is 10.0. The first kappa shape index (κ1) is 14.6. The molecule has 1 unspecified atom stereocenters. The lowest BCUT2D eigenvalue weighted by Crippen LogP contribution is -2.31. The van der Waals surface area contributed by atoms with Crippen LogP contribution in [0.3, 0.4) is 0 Å². The normalized spacial score (nSPS) is 12.1. The van der Waals surface area contributed by atoms with Gasteiger partial charge in [-0.05, 0) is 12.0 Å². The highest BCUT2D eigenvalue weighted by Crippen LogP contribution is 2.16. The van der Waals surface area contributed by atoms with Crippen LogP contribution < -0.4 is 10.6 Å². The fourth-order valence-electron chi connectivity index (χ4n) is 1.87. The first-order valence-electron chi connectivity index (χ1n) is 6.38. The summed E-state index contributed by atoms with van der Waals surface area (Å²) in [5, 5.41) is 17.4. The molecule has 106 valence electrons. The number of carbonyl (C=O) groups excluding carboxylic acids is 1. The van der Waals surface area contributed by atoms with E-state index < -0.39 is 0 Å². The van der Waals surface area contributed by atoms with Gasteiger partial charge < -0.3 is 15.7 Å². The molecule has 0 fully saturated rings. The number of nitrogens with zero attached hydrogens (tertiary/aromatic N) is 1. The van der Waals surface area contributed by atoms with E-state index in [1.165, 1.54) is 11.3 Å². The zero-order valence-electron chi connectivity index (χ0n) is 11.0. The zero-order valence-corrected chi connectivity index (χ0v) is 11.8. The average Bonchev–Trinajstić information content (AvgIpc) is 2.97. The van der Waals surface area contributed by atoms with Crippen LogP contribution in [0.1, 0.15) is 18.0 Å². The number of aliphatic hydroxyl groups is 1. The summed E-state index contributed by atoms with van der Waals surface area (Å²) in [6.45, 7) is 0.250. The summed E-state index contributed by atoms with van der Waals surface area (Å²) in [7, 11) is 0. The highest BCUT2D eigenvalue weighted by atomic mass is 32.1. The number of hydrogen-bond acceptors (Lipinski definition) is 5. The fraction of sp³-hybridized carbons (Fsp3) is 0.286. The monoisotopic (exact) mass is 291 g/mol. The predicted molar refractivity (Wildman–Crippen MR) is 79.6 cm³/mol. The molecule has 1 aromatic carbocycles. The minimum absolute atomic E-state index is 0.0387. The van der Waals surface area contributed by atoms with Crippen LogP contribution >= 0.6 is 11.3 Å². The van der Waals surface area contributed by atoms with Gasteiger partial charge >= 0.3 is 0 Å². The van der Waals surface area contributed by atoms with Gasteiger partial charge in [-0.3, -0.25) is 4.79 Å². The number of aliphatic hydroxyl groups excluding tert-OH is 1. The number of amides is 1. The highest BCUT2D eigenvalue weighted by molar-refractivity contribution is 7.13. The first-order chi connectivity index (χ1) is 9.79. The van der Waals surface area contributed by atoms with E-state index in [1.807, 2.05) is 35.7 Å². The van der Waals surface area contributed by atoms with E-state index in [0.29, 0.717) is 11.6 Å². The van der Waals surface area contributed by atoms with Gasteiger partial charge in [-0.15, -0.1) is 11.3 Å². The van der Waals surface area contributed by atoms with Gasteiger partial charge in [-0.25, -0.2) is 4.98 Å². The molecular weight excluding hydrogens is 274 g/mol. The number of aromatic nitrogens is 1. The molecule has 2 aromatic rings. The standard InChI is InChI=1S/C14H17N3O2S/c18-8-6-12(11-4-2-1-3-5-11)16-10-13(19)17-14-15-7-9-20-14/h1-5,7,9,12,16,18H,6,8,10H2,(H,15,17,19). The SMILES string of the molecule is O=C(CNC(CCO)c1ccccc1)Nc1nccs1. The molecule has 0 spiro atoms. The second-order valence-corrected chi connectivity index (χ2v) is 5.14.